The third-order valence-corrected chi connectivity index (χ3v) is 3.95. The minimum absolute atomic E-state index is 0.0705. The van der Waals surface area contributed by atoms with Crippen molar-refractivity contribution in [3.63, 3.8) is 0 Å². The maximum absolute atomic E-state index is 11.3. The summed E-state index contributed by atoms with van der Waals surface area (Å²) >= 11 is 0. The number of carbonyl (C=O) groups excluding carboxylic acids is 1. The summed E-state index contributed by atoms with van der Waals surface area (Å²) in [6, 6.07) is 0.646. The number of nitrogens with zero attached hydrogens (tertiary/aromatic N) is 1. The molecule has 4 heteroatoms. The molecule has 17 heavy (non-hydrogen) atoms. The zero-order chi connectivity index (χ0) is 12.1. The number of esters is 1. The Morgan fingerprint density at radius 2 is 2.06 bits per heavy atom. The maximum Gasteiger partial charge on any atom is 0.332 e. The highest BCUT2D eigenvalue weighted by molar-refractivity contribution is 5.70. The van der Waals surface area contributed by atoms with Gasteiger partial charge in [0.05, 0.1) is 6.61 Å². The van der Waals surface area contributed by atoms with Crippen molar-refractivity contribution in [2.45, 2.75) is 38.1 Å². The highest BCUT2D eigenvalue weighted by Crippen LogP contribution is 2.30. The van der Waals surface area contributed by atoms with Crippen LogP contribution in [0, 0.1) is 5.92 Å². The summed E-state index contributed by atoms with van der Waals surface area (Å²) in [7, 11) is 1.52. The fourth-order valence-corrected chi connectivity index (χ4v) is 3.13. The van der Waals surface area contributed by atoms with Crippen LogP contribution < -0.4 is 0 Å². The van der Waals surface area contributed by atoms with Crippen molar-refractivity contribution in [1.29, 1.82) is 0 Å². The number of fused-ring (bicyclic) bond motifs is 1. The lowest BCUT2D eigenvalue weighted by molar-refractivity contribution is -0.150. The van der Waals surface area contributed by atoms with Gasteiger partial charge in [-0.15, -0.1) is 0 Å². The molecule has 0 radical (unpaired) electrons. The van der Waals surface area contributed by atoms with Crippen molar-refractivity contribution >= 4 is 5.97 Å². The fourth-order valence-electron chi connectivity index (χ4n) is 3.13. The average molecular weight is 241 g/mol. The summed E-state index contributed by atoms with van der Waals surface area (Å²) in [5.74, 6) is 0.297. The second-order valence-electron chi connectivity index (χ2n) is 5.12. The summed E-state index contributed by atoms with van der Waals surface area (Å²) in [5.41, 5.74) is 0. The summed E-state index contributed by atoms with van der Waals surface area (Å²) < 4.78 is 10.0. The Bertz CT molecular complexity index is 255. The predicted molar refractivity (Wildman–Crippen MR) is 64.8 cm³/mol. The molecule has 2 heterocycles. The van der Waals surface area contributed by atoms with E-state index in [1.165, 1.54) is 52.3 Å². The molecule has 0 amide bonds. The molecular weight excluding hydrogens is 218 g/mol. The molecule has 4 nitrogen and oxygen atoms in total. The van der Waals surface area contributed by atoms with Crippen LogP contribution in [0.1, 0.15) is 32.1 Å². The zero-order valence-corrected chi connectivity index (χ0v) is 10.7. The Hall–Kier alpha value is -0.610. The minimum atomic E-state index is -0.236. The van der Waals surface area contributed by atoms with E-state index in [1.807, 2.05) is 0 Å². The van der Waals surface area contributed by atoms with E-state index >= 15 is 0 Å². The normalized spacial score (nSPS) is 29.7. The van der Waals surface area contributed by atoms with Gasteiger partial charge in [-0.3, -0.25) is 4.90 Å². The first kappa shape index (κ1) is 12.8. The lowest BCUT2D eigenvalue weighted by Gasteiger charge is -2.44. The van der Waals surface area contributed by atoms with Gasteiger partial charge in [-0.1, -0.05) is 6.42 Å². The quantitative estimate of drug-likeness (QED) is 0.698. The van der Waals surface area contributed by atoms with Crippen LogP contribution in [0.5, 0.6) is 0 Å². The van der Waals surface area contributed by atoms with Gasteiger partial charge >= 0.3 is 5.97 Å². The second kappa shape index (κ2) is 6.36. The Kier molecular flexibility index (Phi) is 4.80. The van der Waals surface area contributed by atoms with Crippen LogP contribution in [0.3, 0.4) is 0 Å². The number of carbonyl (C=O) groups is 1. The van der Waals surface area contributed by atoms with Gasteiger partial charge < -0.3 is 9.47 Å². The molecular formula is C13H23NO3. The SMILES string of the molecule is COCC(=O)OC[C@H]1CCCN2CCCC[C@@H]12. The molecule has 0 unspecified atom stereocenters. The van der Waals surface area contributed by atoms with Crippen LogP contribution in [-0.2, 0) is 14.3 Å². The first-order valence-corrected chi connectivity index (χ1v) is 6.70. The van der Waals surface area contributed by atoms with Gasteiger partial charge in [-0.2, -0.15) is 0 Å². The maximum atomic E-state index is 11.3. The monoisotopic (exact) mass is 241 g/mol. The second-order valence-corrected chi connectivity index (χ2v) is 5.12. The first-order chi connectivity index (χ1) is 8.31. The van der Waals surface area contributed by atoms with E-state index in [0.717, 1.165) is 0 Å². The van der Waals surface area contributed by atoms with Gasteiger partial charge in [0.15, 0.2) is 0 Å². The first-order valence-electron chi connectivity index (χ1n) is 6.70. The molecule has 2 aliphatic heterocycles. The number of ether oxygens (including phenoxy) is 2. The molecule has 2 atom stereocenters. The molecule has 98 valence electrons. The largest absolute Gasteiger partial charge is 0.464 e. The van der Waals surface area contributed by atoms with Gasteiger partial charge in [0.25, 0.3) is 0 Å². The standard InChI is InChI=1S/C13H23NO3/c1-16-10-13(15)17-9-11-5-4-8-14-7-3-2-6-12(11)14/h11-12H,2-10H2,1H3/t11-,12+/m1/s1. The van der Waals surface area contributed by atoms with E-state index in [4.69, 9.17) is 9.47 Å². The van der Waals surface area contributed by atoms with Crippen molar-refractivity contribution in [3.05, 3.63) is 0 Å². The van der Waals surface area contributed by atoms with E-state index in [-0.39, 0.29) is 12.6 Å². The number of hydrogen-bond acceptors (Lipinski definition) is 4. The lowest BCUT2D eigenvalue weighted by atomic mass is 9.84. The molecule has 0 aromatic heterocycles. The molecule has 2 saturated heterocycles. The molecule has 0 spiro atoms. The van der Waals surface area contributed by atoms with Gasteiger partial charge in [0.2, 0.25) is 0 Å². The Balaban J connectivity index is 1.80. The van der Waals surface area contributed by atoms with Gasteiger partial charge in [0.1, 0.15) is 6.61 Å². The van der Waals surface area contributed by atoms with E-state index in [9.17, 15) is 4.79 Å². The van der Waals surface area contributed by atoms with Gasteiger partial charge in [0, 0.05) is 19.1 Å². The summed E-state index contributed by atoms with van der Waals surface area (Å²) in [4.78, 5) is 13.9. The lowest BCUT2D eigenvalue weighted by Crippen LogP contribution is -2.49. The van der Waals surface area contributed by atoms with Gasteiger partial charge in [-0.25, -0.2) is 4.79 Å². The third kappa shape index (κ3) is 3.42. The smallest absolute Gasteiger partial charge is 0.332 e. The van der Waals surface area contributed by atoms with E-state index in [2.05, 4.69) is 4.90 Å². The summed E-state index contributed by atoms with van der Waals surface area (Å²) in [6.45, 7) is 3.10. The van der Waals surface area contributed by atoms with Crippen LogP contribution in [0.25, 0.3) is 0 Å². The van der Waals surface area contributed by atoms with Crippen molar-refractivity contribution in [3.8, 4) is 0 Å². The Morgan fingerprint density at radius 3 is 2.88 bits per heavy atom. The molecule has 0 aromatic rings. The van der Waals surface area contributed by atoms with E-state index in [1.54, 1.807) is 0 Å². The average Bonchev–Trinajstić information content (AvgIpc) is 2.36. The Morgan fingerprint density at radius 1 is 1.24 bits per heavy atom. The molecule has 0 bridgehead atoms. The van der Waals surface area contributed by atoms with E-state index in [0.29, 0.717) is 18.6 Å². The van der Waals surface area contributed by atoms with E-state index < -0.39 is 0 Å². The number of hydrogen-bond donors (Lipinski definition) is 0. The van der Waals surface area contributed by atoms with Crippen LogP contribution >= 0.6 is 0 Å². The Labute approximate surface area is 103 Å². The van der Waals surface area contributed by atoms with Crippen LogP contribution in [0.15, 0.2) is 0 Å². The molecule has 2 aliphatic rings. The molecule has 0 aliphatic carbocycles. The van der Waals surface area contributed by atoms with Crippen LogP contribution in [0.4, 0.5) is 0 Å². The summed E-state index contributed by atoms with van der Waals surface area (Å²) in [5, 5.41) is 0. The summed E-state index contributed by atoms with van der Waals surface area (Å²) in [6.07, 6.45) is 6.35. The minimum Gasteiger partial charge on any atom is -0.464 e. The molecule has 2 rings (SSSR count). The van der Waals surface area contributed by atoms with Crippen LogP contribution in [0.2, 0.25) is 0 Å². The highest BCUT2D eigenvalue weighted by atomic mass is 16.6. The molecule has 0 aromatic carbocycles. The molecule has 2 fully saturated rings. The molecule has 0 N–H and O–H groups in total. The highest BCUT2D eigenvalue weighted by Gasteiger charge is 2.33. The van der Waals surface area contributed by atoms with Crippen molar-refractivity contribution in [1.82, 2.24) is 4.90 Å². The predicted octanol–water partition coefficient (Wildman–Crippen LogP) is 1.44. The van der Waals surface area contributed by atoms with Crippen molar-refractivity contribution < 1.29 is 14.3 Å². The third-order valence-electron chi connectivity index (χ3n) is 3.95. The fraction of sp³-hybridized carbons (Fsp3) is 0.923. The molecule has 0 saturated carbocycles. The number of piperidine rings is 2. The zero-order valence-electron chi connectivity index (χ0n) is 10.7. The number of methoxy groups -OCH3 is 1. The van der Waals surface area contributed by atoms with Crippen molar-refractivity contribution in [2.75, 3.05) is 33.4 Å². The van der Waals surface area contributed by atoms with Crippen LogP contribution in [-0.4, -0.2) is 50.3 Å². The van der Waals surface area contributed by atoms with Crippen molar-refractivity contribution in [2.24, 2.45) is 5.92 Å². The number of rotatable bonds is 4. The van der Waals surface area contributed by atoms with Gasteiger partial charge in [-0.05, 0) is 38.8 Å². The topological polar surface area (TPSA) is 38.8 Å².